The Morgan fingerprint density at radius 1 is 1.71 bits per heavy atom. The Bertz CT molecular complexity index is 37.3. The molecule has 1 unspecified atom stereocenters. The van der Waals surface area contributed by atoms with Crippen molar-refractivity contribution >= 4 is 0 Å². The number of hydrogen-bond acceptors (Lipinski definition) is 2. The van der Waals surface area contributed by atoms with Crippen LogP contribution < -0.4 is 0 Å². The SMILES string of the molecule is [CH2]C(O)CN(C)C. The molecule has 0 amide bonds. The standard InChI is InChI=1S/C5H12NO/c1-5(7)4-6(2)3/h5,7H,1,4H2,2-3H3. The van der Waals surface area contributed by atoms with Crippen LogP contribution in [0.5, 0.6) is 0 Å². The van der Waals surface area contributed by atoms with Gasteiger partial charge in [-0.05, 0) is 21.0 Å². The van der Waals surface area contributed by atoms with Crippen LogP contribution in [-0.4, -0.2) is 36.8 Å². The van der Waals surface area contributed by atoms with E-state index in [1.807, 2.05) is 19.0 Å². The van der Waals surface area contributed by atoms with Crippen LogP contribution >= 0.6 is 0 Å². The van der Waals surface area contributed by atoms with Gasteiger partial charge in [0.05, 0.1) is 6.10 Å². The van der Waals surface area contributed by atoms with Crippen LogP contribution in [-0.2, 0) is 0 Å². The number of aliphatic hydroxyl groups excluding tert-OH is 1. The van der Waals surface area contributed by atoms with E-state index in [1.165, 1.54) is 0 Å². The summed E-state index contributed by atoms with van der Waals surface area (Å²) in [5, 5.41) is 8.57. The molecule has 1 radical (unpaired) electrons. The van der Waals surface area contributed by atoms with Gasteiger partial charge in [0.15, 0.2) is 0 Å². The zero-order valence-corrected chi connectivity index (χ0v) is 4.89. The summed E-state index contributed by atoms with van der Waals surface area (Å²) in [7, 11) is 3.79. The van der Waals surface area contributed by atoms with Gasteiger partial charge in [0.25, 0.3) is 0 Å². The first-order valence-corrected chi connectivity index (χ1v) is 2.29. The molecule has 0 aromatic rings. The summed E-state index contributed by atoms with van der Waals surface area (Å²) in [5.74, 6) is 0. The number of aliphatic hydroxyl groups is 1. The van der Waals surface area contributed by atoms with E-state index >= 15 is 0 Å². The van der Waals surface area contributed by atoms with E-state index in [1.54, 1.807) is 0 Å². The molecule has 0 spiro atoms. The largest absolute Gasteiger partial charge is 0.392 e. The van der Waals surface area contributed by atoms with Gasteiger partial charge in [-0.25, -0.2) is 0 Å². The monoisotopic (exact) mass is 102 g/mol. The Balaban J connectivity index is 2.95. The number of nitrogens with zero attached hydrogens (tertiary/aromatic N) is 1. The third-order valence-corrected chi connectivity index (χ3v) is 0.576. The van der Waals surface area contributed by atoms with Gasteiger partial charge in [0.2, 0.25) is 0 Å². The first-order chi connectivity index (χ1) is 3.13. The van der Waals surface area contributed by atoms with Gasteiger partial charge >= 0.3 is 0 Å². The van der Waals surface area contributed by atoms with Crippen molar-refractivity contribution in [2.75, 3.05) is 20.6 Å². The summed E-state index contributed by atoms with van der Waals surface area (Å²) in [4.78, 5) is 1.89. The lowest BCUT2D eigenvalue weighted by Gasteiger charge is -2.10. The molecule has 0 aliphatic carbocycles. The first kappa shape index (κ1) is 6.92. The molecule has 0 aliphatic rings. The van der Waals surface area contributed by atoms with E-state index in [4.69, 9.17) is 5.11 Å². The molecule has 0 rings (SSSR count). The number of likely N-dealkylation sites (N-methyl/N-ethyl adjacent to an activating group) is 1. The second kappa shape index (κ2) is 2.99. The second-order valence-corrected chi connectivity index (χ2v) is 1.92. The molecular formula is C5H12NO. The molecule has 0 aliphatic heterocycles. The maximum absolute atomic E-state index is 8.57. The lowest BCUT2D eigenvalue weighted by atomic mass is 10.4. The average Bonchev–Trinajstić information content (AvgIpc) is 1.27. The maximum Gasteiger partial charge on any atom is 0.0667 e. The van der Waals surface area contributed by atoms with Crippen molar-refractivity contribution in [2.45, 2.75) is 6.10 Å². The third-order valence-electron chi connectivity index (χ3n) is 0.576. The van der Waals surface area contributed by atoms with Crippen molar-refractivity contribution in [3.63, 3.8) is 0 Å². The highest BCUT2D eigenvalue weighted by molar-refractivity contribution is 4.58. The molecule has 0 heterocycles. The summed E-state index contributed by atoms with van der Waals surface area (Å²) in [6.07, 6.45) is -0.449. The highest BCUT2D eigenvalue weighted by Crippen LogP contribution is 1.79. The summed E-state index contributed by atoms with van der Waals surface area (Å²) >= 11 is 0. The average molecular weight is 102 g/mol. The van der Waals surface area contributed by atoms with Crippen LogP contribution in [0.2, 0.25) is 0 Å². The molecule has 1 N–H and O–H groups in total. The number of hydrogen-bond donors (Lipinski definition) is 1. The molecule has 0 aromatic carbocycles. The normalized spacial score (nSPS) is 15.0. The minimum atomic E-state index is -0.449. The molecule has 7 heavy (non-hydrogen) atoms. The minimum Gasteiger partial charge on any atom is -0.392 e. The van der Waals surface area contributed by atoms with Crippen molar-refractivity contribution in [3.8, 4) is 0 Å². The smallest absolute Gasteiger partial charge is 0.0667 e. The molecule has 0 fully saturated rings. The molecule has 2 heteroatoms. The van der Waals surface area contributed by atoms with Gasteiger partial charge in [-0.15, -0.1) is 0 Å². The molecule has 0 aromatic heterocycles. The summed E-state index contributed by atoms with van der Waals surface area (Å²) in [6.45, 7) is 4.03. The Labute approximate surface area is 44.8 Å². The van der Waals surface area contributed by atoms with E-state index in [-0.39, 0.29) is 0 Å². The molecule has 0 saturated heterocycles. The van der Waals surface area contributed by atoms with Gasteiger partial charge in [-0.3, -0.25) is 0 Å². The van der Waals surface area contributed by atoms with Crippen LogP contribution in [0, 0.1) is 6.92 Å². The first-order valence-electron chi connectivity index (χ1n) is 2.29. The minimum absolute atomic E-state index is 0.449. The summed E-state index contributed by atoms with van der Waals surface area (Å²) < 4.78 is 0. The zero-order valence-electron chi connectivity index (χ0n) is 4.89. The van der Waals surface area contributed by atoms with Gasteiger partial charge in [-0.1, -0.05) is 0 Å². The Morgan fingerprint density at radius 2 is 2.14 bits per heavy atom. The summed E-state index contributed by atoms with van der Waals surface area (Å²) in [6, 6.07) is 0. The maximum atomic E-state index is 8.57. The predicted molar refractivity (Wildman–Crippen MR) is 29.9 cm³/mol. The molecule has 1 atom stereocenters. The fourth-order valence-corrected chi connectivity index (χ4v) is 0.421. The van der Waals surface area contributed by atoms with Gasteiger partial charge in [0.1, 0.15) is 0 Å². The van der Waals surface area contributed by atoms with Crippen molar-refractivity contribution in [3.05, 3.63) is 6.92 Å². The third kappa shape index (κ3) is 5.92. The highest BCUT2D eigenvalue weighted by Gasteiger charge is 1.94. The fraction of sp³-hybridized carbons (Fsp3) is 0.800. The van der Waals surface area contributed by atoms with Crippen LogP contribution in [0.25, 0.3) is 0 Å². The van der Waals surface area contributed by atoms with Gasteiger partial charge in [-0.2, -0.15) is 0 Å². The van der Waals surface area contributed by atoms with Gasteiger partial charge in [0, 0.05) is 6.54 Å². The topological polar surface area (TPSA) is 23.5 Å². The Morgan fingerprint density at radius 3 is 2.14 bits per heavy atom. The van der Waals surface area contributed by atoms with Crippen molar-refractivity contribution in [2.24, 2.45) is 0 Å². The van der Waals surface area contributed by atoms with Crippen LogP contribution in [0.4, 0.5) is 0 Å². The molecule has 0 saturated carbocycles. The lowest BCUT2D eigenvalue weighted by molar-refractivity contribution is 0.176. The van der Waals surface area contributed by atoms with Crippen LogP contribution in [0.3, 0.4) is 0 Å². The molecular weight excluding hydrogens is 90.1 g/mol. The lowest BCUT2D eigenvalue weighted by Crippen LogP contribution is -2.22. The fourth-order valence-electron chi connectivity index (χ4n) is 0.421. The molecule has 43 valence electrons. The summed E-state index contributed by atoms with van der Waals surface area (Å²) in [5.41, 5.74) is 0. The Kier molecular flexibility index (Phi) is 2.96. The van der Waals surface area contributed by atoms with Crippen LogP contribution in [0.1, 0.15) is 0 Å². The Hall–Kier alpha value is -0.0800. The van der Waals surface area contributed by atoms with Crippen molar-refractivity contribution in [1.82, 2.24) is 4.90 Å². The van der Waals surface area contributed by atoms with E-state index in [0.717, 1.165) is 0 Å². The highest BCUT2D eigenvalue weighted by atomic mass is 16.3. The van der Waals surface area contributed by atoms with E-state index in [0.29, 0.717) is 6.54 Å². The molecule has 0 bridgehead atoms. The second-order valence-electron chi connectivity index (χ2n) is 1.92. The van der Waals surface area contributed by atoms with Gasteiger partial charge < -0.3 is 10.0 Å². The van der Waals surface area contributed by atoms with Crippen molar-refractivity contribution in [1.29, 1.82) is 0 Å². The van der Waals surface area contributed by atoms with E-state index < -0.39 is 6.10 Å². The van der Waals surface area contributed by atoms with Crippen molar-refractivity contribution < 1.29 is 5.11 Å². The molecule has 2 nitrogen and oxygen atoms in total. The number of rotatable bonds is 2. The van der Waals surface area contributed by atoms with E-state index in [2.05, 4.69) is 6.92 Å². The quantitative estimate of drug-likeness (QED) is 0.519. The van der Waals surface area contributed by atoms with Crippen LogP contribution in [0.15, 0.2) is 0 Å². The predicted octanol–water partition coefficient (Wildman–Crippen LogP) is -0.257. The zero-order chi connectivity index (χ0) is 5.86. The van der Waals surface area contributed by atoms with E-state index in [9.17, 15) is 0 Å².